The number of barbiturate groups is 1. The Morgan fingerprint density at radius 1 is 1.00 bits per heavy atom. The van der Waals surface area contributed by atoms with Crippen molar-refractivity contribution in [2.24, 2.45) is 0 Å². The van der Waals surface area contributed by atoms with Crippen LogP contribution in [0.4, 0.5) is 10.5 Å². The number of imide groups is 2. The van der Waals surface area contributed by atoms with E-state index in [-0.39, 0.29) is 5.57 Å². The first-order valence-corrected chi connectivity index (χ1v) is 11.2. The highest BCUT2D eigenvalue weighted by Gasteiger charge is 2.36. The van der Waals surface area contributed by atoms with Crippen LogP contribution < -0.4 is 19.7 Å². The van der Waals surface area contributed by atoms with Crippen LogP contribution in [0.2, 0.25) is 0 Å². The molecule has 0 radical (unpaired) electrons. The monoisotopic (exact) mass is 520 g/mol. The molecule has 0 unspecified atom stereocenters. The predicted octanol–water partition coefficient (Wildman–Crippen LogP) is 5.01. The van der Waals surface area contributed by atoms with Crippen LogP contribution in [0.1, 0.15) is 16.7 Å². The van der Waals surface area contributed by atoms with Gasteiger partial charge in [0.15, 0.2) is 11.5 Å². The number of anilines is 1. The van der Waals surface area contributed by atoms with Gasteiger partial charge in [0.2, 0.25) is 0 Å². The van der Waals surface area contributed by atoms with Crippen molar-refractivity contribution in [1.82, 2.24) is 5.32 Å². The Balaban J connectivity index is 1.64. The number of benzene rings is 3. The van der Waals surface area contributed by atoms with E-state index in [0.717, 1.165) is 16.0 Å². The molecular weight excluding hydrogens is 500 g/mol. The number of nitrogens with zero attached hydrogens (tertiary/aromatic N) is 1. The largest absolute Gasteiger partial charge is 0.493 e. The number of hydrogen-bond acceptors (Lipinski definition) is 5. The topological polar surface area (TPSA) is 84.9 Å². The van der Waals surface area contributed by atoms with E-state index in [1.54, 1.807) is 36.4 Å². The molecule has 0 bridgehead atoms. The lowest BCUT2D eigenvalue weighted by Crippen LogP contribution is -2.54. The second-order valence-electron chi connectivity index (χ2n) is 7.60. The van der Waals surface area contributed by atoms with Crippen LogP contribution in [0.5, 0.6) is 11.5 Å². The minimum absolute atomic E-state index is 0.174. The van der Waals surface area contributed by atoms with Gasteiger partial charge in [-0.2, -0.15) is 0 Å². The Morgan fingerprint density at radius 2 is 1.71 bits per heavy atom. The minimum Gasteiger partial charge on any atom is -0.493 e. The predicted molar refractivity (Wildman–Crippen MR) is 132 cm³/mol. The van der Waals surface area contributed by atoms with Gasteiger partial charge in [-0.05, 0) is 64.3 Å². The fourth-order valence-electron chi connectivity index (χ4n) is 3.45. The molecule has 0 saturated carbocycles. The molecular formula is C26H21BrN2O5. The van der Waals surface area contributed by atoms with Gasteiger partial charge in [-0.15, -0.1) is 0 Å². The highest BCUT2D eigenvalue weighted by atomic mass is 79.9. The average molecular weight is 521 g/mol. The molecule has 1 saturated heterocycles. The molecule has 0 aromatic heterocycles. The second kappa shape index (κ2) is 9.93. The number of rotatable bonds is 6. The number of halogens is 1. The summed E-state index contributed by atoms with van der Waals surface area (Å²) in [7, 11) is 1.50. The van der Waals surface area contributed by atoms with Crippen LogP contribution in [0, 0.1) is 6.92 Å². The quantitative estimate of drug-likeness (QED) is 0.364. The maximum Gasteiger partial charge on any atom is 0.335 e. The molecule has 0 spiro atoms. The van der Waals surface area contributed by atoms with E-state index in [2.05, 4.69) is 21.2 Å². The first-order valence-electron chi connectivity index (χ1n) is 10.4. The smallest absolute Gasteiger partial charge is 0.335 e. The Morgan fingerprint density at radius 3 is 2.38 bits per heavy atom. The Hall–Kier alpha value is -3.91. The molecule has 1 aliphatic rings. The molecule has 3 aromatic carbocycles. The third-order valence-electron chi connectivity index (χ3n) is 5.18. The van der Waals surface area contributed by atoms with E-state index in [1.807, 2.05) is 37.3 Å². The van der Waals surface area contributed by atoms with Gasteiger partial charge in [0.25, 0.3) is 11.8 Å². The van der Waals surface area contributed by atoms with Crippen molar-refractivity contribution in [3.05, 3.63) is 93.5 Å². The lowest BCUT2D eigenvalue weighted by Gasteiger charge is -2.26. The van der Waals surface area contributed by atoms with Crippen LogP contribution in [-0.2, 0) is 16.2 Å². The molecule has 4 rings (SSSR count). The zero-order valence-corrected chi connectivity index (χ0v) is 20.1. The maximum atomic E-state index is 13.1. The Labute approximate surface area is 205 Å². The Kier molecular flexibility index (Phi) is 6.79. The van der Waals surface area contributed by atoms with Gasteiger partial charge in [0, 0.05) is 0 Å². The van der Waals surface area contributed by atoms with E-state index in [0.29, 0.717) is 33.8 Å². The average Bonchev–Trinajstić information content (AvgIpc) is 2.82. The lowest BCUT2D eigenvalue weighted by molar-refractivity contribution is -0.122. The number of amides is 4. The molecule has 0 aliphatic carbocycles. The normalized spacial score (nSPS) is 14.9. The first-order chi connectivity index (χ1) is 16.4. The fourth-order valence-corrected chi connectivity index (χ4v) is 4.02. The van der Waals surface area contributed by atoms with Gasteiger partial charge in [-0.25, -0.2) is 9.69 Å². The third-order valence-corrected chi connectivity index (χ3v) is 5.77. The lowest BCUT2D eigenvalue weighted by atomic mass is 10.1. The van der Waals surface area contributed by atoms with E-state index < -0.39 is 17.8 Å². The van der Waals surface area contributed by atoms with E-state index in [4.69, 9.17) is 9.47 Å². The van der Waals surface area contributed by atoms with Crippen molar-refractivity contribution in [2.45, 2.75) is 13.5 Å². The van der Waals surface area contributed by atoms with Crippen molar-refractivity contribution in [2.75, 3.05) is 12.0 Å². The number of aryl methyl sites for hydroxylation is 1. The zero-order chi connectivity index (χ0) is 24.2. The summed E-state index contributed by atoms with van der Waals surface area (Å²) in [5.74, 6) is -0.563. The molecule has 7 nitrogen and oxygen atoms in total. The Bertz CT molecular complexity index is 1290. The molecule has 8 heteroatoms. The number of carbonyl (C=O) groups excluding carboxylic acids is 3. The van der Waals surface area contributed by atoms with Crippen LogP contribution in [0.25, 0.3) is 6.08 Å². The van der Waals surface area contributed by atoms with Gasteiger partial charge < -0.3 is 9.47 Å². The van der Waals surface area contributed by atoms with Crippen molar-refractivity contribution in [3.8, 4) is 11.5 Å². The van der Waals surface area contributed by atoms with E-state index in [1.165, 1.54) is 13.2 Å². The summed E-state index contributed by atoms with van der Waals surface area (Å²) >= 11 is 3.49. The zero-order valence-electron chi connectivity index (χ0n) is 18.5. The number of ether oxygens (including phenoxy) is 2. The van der Waals surface area contributed by atoms with Gasteiger partial charge in [0.1, 0.15) is 12.2 Å². The fraction of sp³-hybridized carbons (Fsp3) is 0.115. The van der Waals surface area contributed by atoms with E-state index >= 15 is 0 Å². The van der Waals surface area contributed by atoms with Crippen molar-refractivity contribution in [1.29, 1.82) is 0 Å². The molecule has 0 atom stereocenters. The minimum atomic E-state index is -0.792. The van der Waals surface area contributed by atoms with Gasteiger partial charge >= 0.3 is 6.03 Å². The van der Waals surface area contributed by atoms with Crippen LogP contribution in [-0.4, -0.2) is 25.0 Å². The third kappa shape index (κ3) is 4.87. The highest BCUT2D eigenvalue weighted by Crippen LogP contribution is 2.38. The van der Waals surface area contributed by atoms with Crippen LogP contribution in [0.3, 0.4) is 0 Å². The molecule has 4 amide bonds. The molecule has 3 aromatic rings. The summed E-state index contributed by atoms with van der Waals surface area (Å²) in [5, 5.41) is 2.23. The van der Waals surface area contributed by atoms with Crippen molar-refractivity contribution < 1.29 is 23.9 Å². The molecule has 1 N–H and O–H groups in total. The highest BCUT2D eigenvalue weighted by molar-refractivity contribution is 9.10. The maximum absolute atomic E-state index is 13.1. The van der Waals surface area contributed by atoms with Gasteiger partial charge in [0.05, 0.1) is 17.3 Å². The first kappa shape index (κ1) is 23.3. The van der Waals surface area contributed by atoms with Crippen molar-refractivity contribution in [3.63, 3.8) is 0 Å². The number of methoxy groups -OCH3 is 1. The summed E-state index contributed by atoms with van der Waals surface area (Å²) in [4.78, 5) is 38.9. The van der Waals surface area contributed by atoms with Gasteiger partial charge in [-0.1, -0.05) is 48.0 Å². The second-order valence-corrected chi connectivity index (χ2v) is 8.46. The number of urea groups is 1. The van der Waals surface area contributed by atoms with Crippen LogP contribution in [0.15, 0.2) is 76.8 Å². The van der Waals surface area contributed by atoms with Crippen LogP contribution >= 0.6 is 15.9 Å². The summed E-state index contributed by atoms with van der Waals surface area (Å²) < 4.78 is 12.0. The SMILES string of the molecule is COc1cc(C=C2C(=O)NC(=O)N(c3ccc(C)cc3)C2=O)cc(Br)c1OCc1ccccc1. The molecule has 34 heavy (non-hydrogen) atoms. The number of nitrogens with one attached hydrogen (secondary N) is 1. The molecule has 172 valence electrons. The van der Waals surface area contributed by atoms with Gasteiger partial charge in [-0.3, -0.25) is 14.9 Å². The number of carbonyl (C=O) groups is 3. The van der Waals surface area contributed by atoms with Crippen molar-refractivity contribution >= 4 is 45.5 Å². The summed E-state index contributed by atoms with van der Waals surface area (Å²) in [6.45, 7) is 2.24. The molecule has 1 heterocycles. The summed E-state index contributed by atoms with van der Waals surface area (Å²) in [6.07, 6.45) is 1.42. The summed E-state index contributed by atoms with van der Waals surface area (Å²) in [5.41, 5.74) is 2.69. The molecule has 1 fully saturated rings. The van der Waals surface area contributed by atoms with E-state index in [9.17, 15) is 14.4 Å². The molecule has 1 aliphatic heterocycles. The summed E-state index contributed by atoms with van der Waals surface area (Å²) in [6, 6.07) is 19.1. The number of hydrogen-bond donors (Lipinski definition) is 1. The standard InChI is InChI=1S/C26H21BrN2O5/c1-16-8-10-19(11-9-16)29-25(31)20(24(30)28-26(29)32)12-18-13-21(27)23(22(14-18)33-2)34-15-17-6-4-3-5-7-17/h3-14H,15H2,1-2H3,(H,28,30,32).